The second-order valence-corrected chi connectivity index (χ2v) is 7.70. The topological polar surface area (TPSA) is 71.4 Å². The maximum Gasteiger partial charge on any atom is 0.410 e. The Balaban J connectivity index is 1.76. The number of ether oxygens (including phenoxy) is 2. The Kier molecular flexibility index (Phi) is 5.07. The highest BCUT2D eigenvalue weighted by atomic mass is 16.6. The second-order valence-electron chi connectivity index (χ2n) is 7.70. The van der Waals surface area contributed by atoms with Crippen LogP contribution in [0.25, 0.3) is 0 Å². The highest BCUT2D eigenvalue weighted by molar-refractivity contribution is 6.20. The Morgan fingerprint density at radius 1 is 1.35 bits per heavy atom. The fourth-order valence-electron chi connectivity index (χ4n) is 3.55. The molecule has 0 aromatic rings. The van der Waals surface area contributed by atoms with Gasteiger partial charge in [0.05, 0.1) is 18.7 Å². The van der Waals surface area contributed by atoms with Gasteiger partial charge >= 0.3 is 12.1 Å². The minimum atomic E-state index is -0.522. The summed E-state index contributed by atoms with van der Waals surface area (Å²) in [5.74, 6) is 0.267. The molecule has 0 radical (unpaired) electrons. The molecule has 7 heteroatoms. The van der Waals surface area contributed by atoms with Crippen LogP contribution in [0.5, 0.6) is 0 Å². The first-order valence-electron chi connectivity index (χ1n) is 9.20. The van der Waals surface area contributed by atoms with Gasteiger partial charge in [-0.3, -0.25) is 4.99 Å². The van der Waals surface area contributed by atoms with Gasteiger partial charge in [-0.15, -0.1) is 0 Å². The zero-order valence-electron chi connectivity index (χ0n) is 15.9. The molecule has 0 saturated carbocycles. The van der Waals surface area contributed by atoms with Crippen LogP contribution in [0, 0.1) is 0 Å². The van der Waals surface area contributed by atoms with Gasteiger partial charge in [-0.25, -0.2) is 9.59 Å². The first-order chi connectivity index (χ1) is 12.3. The summed E-state index contributed by atoms with van der Waals surface area (Å²) < 4.78 is 10.7. The van der Waals surface area contributed by atoms with Crippen LogP contribution in [-0.4, -0.2) is 65.1 Å². The molecule has 0 N–H and O–H groups in total. The van der Waals surface area contributed by atoms with Crippen molar-refractivity contribution in [3.8, 4) is 0 Å². The third kappa shape index (κ3) is 3.76. The smallest absolute Gasteiger partial charge is 0.410 e. The van der Waals surface area contributed by atoms with Gasteiger partial charge in [0.25, 0.3) is 0 Å². The van der Waals surface area contributed by atoms with Crippen LogP contribution in [0.3, 0.4) is 0 Å². The number of aliphatic imine (C=N–C) groups is 1. The largest absolute Gasteiger partial charge is 0.462 e. The van der Waals surface area contributed by atoms with Crippen molar-refractivity contribution in [1.82, 2.24) is 9.80 Å². The Morgan fingerprint density at radius 2 is 2.12 bits per heavy atom. The molecule has 3 rings (SSSR count). The molecule has 0 spiro atoms. The van der Waals surface area contributed by atoms with Gasteiger partial charge in [-0.05, 0) is 52.7 Å². The van der Waals surface area contributed by atoms with Crippen molar-refractivity contribution in [2.75, 3.05) is 19.7 Å². The van der Waals surface area contributed by atoms with E-state index in [0.717, 1.165) is 12.8 Å². The molecule has 0 bridgehead atoms. The summed E-state index contributed by atoms with van der Waals surface area (Å²) in [6, 6.07) is -0.0969. The van der Waals surface area contributed by atoms with Crippen molar-refractivity contribution in [3.05, 3.63) is 23.9 Å². The lowest BCUT2D eigenvalue weighted by Crippen LogP contribution is -2.45. The molecular formula is C19H27N3O4. The van der Waals surface area contributed by atoms with E-state index in [1.54, 1.807) is 17.9 Å². The first kappa shape index (κ1) is 18.5. The van der Waals surface area contributed by atoms with E-state index in [4.69, 9.17) is 14.5 Å². The molecule has 7 nitrogen and oxygen atoms in total. The highest BCUT2D eigenvalue weighted by Gasteiger charge is 2.41. The molecule has 1 saturated heterocycles. The lowest BCUT2D eigenvalue weighted by molar-refractivity contribution is -0.137. The summed E-state index contributed by atoms with van der Waals surface area (Å²) in [6.45, 7) is 9.04. The third-order valence-electron chi connectivity index (χ3n) is 4.58. The van der Waals surface area contributed by atoms with Crippen LogP contribution < -0.4 is 0 Å². The maximum atomic E-state index is 12.5. The van der Waals surface area contributed by atoms with Crippen molar-refractivity contribution in [2.45, 2.75) is 58.2 Å². The Bertz CT molecular complexity index is 675. The van der Waals surface area contributed by atoms with Crippen molar-refractivity contribution in [3.63, 3.8) is 0 Å². The Labute approximate surface area is 154 Å². The van der Waals surface area contributed by atoms with Crippen molar-refractivity contribution in [1.29, 1.82) is 0 Å². The molecule has 1 amide bonds. The Hall–Kier alpha value is -2.31. The van der Waals surface area contributed by atoms with Crippen molar-refractivity contribution >= 4 is 17.9 Å². The number of hydrogen-bond acceptors (Lipinski definition) is 6. The molecule has 3 aliphatic heterocycles. The van der Waals surface area contributed by atoms with Crippen LogP contribution in [0.15, 0.2) is 28.9 Å². The fourth-order valence-corrected chi connectivity index (χ4v) is 3.55. The molecule has 3 heterocycles. The third-order valence-corrected chi connectivity index (χ3v) is 4.58. The Morgan fingerprint density at radius 3 is 2.81 bits per heavy atom. The monoisotopic (exact) mass is 361 g/mol. The van der Waals surface area contributed by atoms with Crippen LogP contribution in [0.1, 0.15) is 40.5 Å². The number of allylic oxidation sites excluding steroid dienone is 2. The van der Waals surface area contributed by atoms with E-state index >= 15 is 0 Å². The number of hydrogen-bond donors (Lipinski definition) is 0. The number of fused-ring (bicyclic) bond motifs is 1. The summed E-state index contributed by atoms with van der Waals surface area (Å²) in [5, 5.41) is 0. The molecular weight excluding hydrogens is 334 g/mol. The predicted molar refractivity (Wildman–Crippen MR) is 97.7 cm³/mol. The average molecular weight is 361 g/mol. The number of carbonyl (C=O) groups is 2. The summed E-state index contributed by atoms with van der Waals surface area (Å²) in [7, 11) is 0. The number of esters is 1. The van der Waals surface area contributed by atoms with Gasteiger partial charge in [-0.1, -0.05) is 0 Å². The molecule has 2 atom stereocenters. The molecule has 3 aliphatic rings. The van der Waals surface area contributed by atoms with E-state index in [1.165, 1.54) is 0 Å². The molecule has 142 valence electrons. The summed E-state index contributed by atoms with van der Waals surface area (Å²) in [4.78, 5) is 33.3. The maximum absolute atomic E-state index is 12.5. The lowest BCUT2D eigenvalue weighted by Gasteiger charge is -2.30. The van der Waals surface area contributed by atoms with E-state index in [1.807, 2.05) is 37.9 Å². The quantitative estimate of drug-likeness (QED) is 0.722. The van der Waals surface area contributed by atoms with E-state index in [2.05, 4.69) is 0 Å². The molecule has 1 fully saturated rings. The first-order valence-corrected chi connectivity index (χ1v) is 9.20. The van der Waals surface area contributed by atoms with E-state index < -0.39 is 5.60 Å². The molecule has 26 heavy (non-hydrogen) atoms. The second kappa shape index (κ2) is 7.13. The molecule has 0 aromatic heterocycles. The highest BCUT2D eigenvalue weighted by Crippen LogP contribution is 2.30. The van der Waals surface area contributed by atoms with E-state index in [-0.39, 0.29) is 24.1 Å². The van der Waals surface area contributed by atoms with Gasteiger partial charge in [0, 0.05) is 19.3 Å². The lowest BCUT2D eigenvalue weighted by atomic mass is 10.1. The summed E-state index contributed by atoms with van der Waals surface area (Å²) in [6.07, 6.45) is 7.00. The fraction of sp³-hybridized carbons (Fsp3) is 0.632. The molecule has 0 aliphatic carbocycles. The number of nitrogens with zero attached hydrogens (tertiary/aromatic N) is 3. The number of likely N-dealkylation sites (tertiary alicyclic amines) is 1. The molecule has 1 unspecified atom stereocenters. The van der Waals surface area contributed by atoms with Gasteiger partial charge < -0.3 is 19.3 Å². The van der Waals surface area contributed by atoms with Crippen molar-refractivity contribution in [2.24, 2.45) is 4.99 Å². The minimum Gasteiger partial charge on any atom is -0.462 e. The summed E-state index contributed by atoms with van der Waals surface area (Å²) in [5.41, 5.74) is -0.0510. The normalized spacial score (nSPS) is 24.9. The van der Waals surface area contributed by atoms with Gasteiger partial charge in [-0.2, -0.15) is 0 Å². The minimum absolute atomic E-state index is 0.0141. The number of amidine groups is 1. The van der Waals surface area contributed by atoms with Gasteiger partial charge in [0.15, 0.2) is 0 Å². The SMILES string of the molecule is CCOC(=O)C1=CC=CN2CC([C@H]3CCCN3C(=O)OC(C)(C)C)N=C12. The van der Waals surface area contributed by atoms with Gasteiger partial charge in [0.2, 0.25) is 0 Å². The average Bonchev–Trinajstić information content (AvgIpc) is 3.19. The summed E-state index contributed by atoms with van der Waals surface area (Å²) >= 11 is 0. The van der Waals surface area contributed by atoms with Crippen molar-refractivity contribution < 1.29 is 19.1 Å². The van der Waals surface area contributed by atoms with E-state index in [0.29, 0.717) is 31.1 Å². The number of rotatable bonds is 3. The van der Waals surface area contributed by atoms with Crippen LogP contribution >= 0.6 is 0 Å². The van der Waals surface area contributed by atoms with Crippen LogP contribution in [0.2, 0.25) is 0 Å². The molecule has 0 aromatic carbocycles. The number of amides is 1. The van der Waals surface area contributed by atoms with Gasteiger partial charge in [0.1, 0.15) is 17.0 Å². The van der Waals surface area contributed by atoms with E-state index in [9.17, 15) is 9.59 Å². The van der Waals surface area contributed by atoms with Crippen LogP contribution in [0.4, 0.5) is 4.79 Å². The predicted octanol–water partition coefficient (Wildman–Crippen LogP) is 2.49. The number of carbonyl (C=O) groups excluding carboxylic acids is 2. The zero-order valence-corrected chi connectivity index (χ0v) is 15.9. The van der Waals surface area contributed by atoms with Crippen LogP contribution in [-0.2, 0) is 14.3 Å². The zero-order chi connectivity index (χ0) is 18.9. The standard InChI is InChI=1S/C19H27N3O4/c1-5-25-17(23)13-8-6-10-21-12-14(20-16(13)21)15-9-7-11-22(15)18(24)26-19(2,3)4/h6,8,10,14-15H,5,7,9,11-12H2,1-4H3/t14?,15-/m1/s1.